The van der Waals surface area contributed by atoms with Crippen LogP contribution in [0.1, 0.15) is 44.9 Å². The molecule has 2 heterocycles. The molecule has 1 aliphatic heterocycles. The standard InChI is InChI=1S/C20H26N4O/c25-20(19-11-5-13-23(19)17-8-2-1-3-9-17)22-16-7-4-10-18(15-16)24-14-6-12-21-24/h4,6-7,10,12,14-15,17,19H,1-3,5,8-9,11,13H2,(H,22,25)/t19-/m0/s1. The Bertz CT molecular complexity index is 706. The van der Waals surface area contributed by atoms with Gasteiger partial charge in [-0.05, 0) is 56.5 Å². The van der Waals surface area contributed by atoms with Crippen molar-refractivity contribution < 1.29 is 4.79 Å². The molecule has 0 bridgehead atoms. The van der Waals surface area contributed by atoms with E-state index in [9.17, 15) is 4.79 Å². The molecule has 5 heteroatoms. The van der Waals surface area contributed by atoms with E-state index in [-0.39, 0.29) is 11.9 Å². The summed E-state index contributed by atoms with van der Waals surface area (Å²) < 4.78 is 1.81. The molecule has 1 aromatic carbocycles. The third-order valence-corrected chi connectivity index (χ3v) is 5.52. The summed E-state index contributed by atoms with van der Waals surface area (Å²) in [6.45, 7) is 1.07. The van der Waals surface area contributed by atoms with Crippen molar-refractivity contribution in [1.29, 1.82) is 0 Å². The second-order valence-corrected chi connectivity index (χ2v) is 7.18. The Kier molecular flexibility index (Phi) is 4.83. The van der Waals surface area contributed by atoms with E-state index in [2.05, 4.69) is 15.3 Å². The molecule has 25 heavy (non-hydrogen) atoms. The Morgan fingerprint density at radius 1 is 1.08 bits per heavy atom. The number of nitrogens with zero attached hydrogens (tertiary/aromatic N) is 3. The molecular weight excluding hydrogens is 312 g/mol. The second-order valence-electron chi connectivity index (χ2n) is 7.18. The van der Waals surface area contributed by atoms with Gasteiger partial charge in [0, 0.05) is 24.1 Å². The number of nitrogens with one attached hydrogen (secondary N) is 1. The van der Waals surface area contributed by atoms with Crippen LogP contribution < -0.4 is 5.32 Å². The number of rotatable bonds is 4. The largest absolute Gasteiger partial charge is 0.325 e. The number of carbonyl (C=O) groups excluding carboxylic acids is 1. The summed E-state index contributed by atoms with van der Waals surface area (Å²) in [7, 11) is 0. The number of amides is 1. The van der Waals surface area contributed by atoms with Crippen molar-refractivity contribution in [1.82, 2.24) is 14.7 Å². The van der Waals surface area contributed by atoms with E-state index in [1.165, 1.54) is 32.1 Å². The van der Waals surface area contributed by atoms with E-state index in [4.69, 9.17) is 0 Å². The first kappa shape index (κ1) is 16.3. The Morgan fingerprint density at radius 3 is 2.76 bits per heavy atom. The average molecular weight is 338 g/mol. The lowest BCUT2D eigenvalue weighted by molar-refractivity contribution is -0.121. The van der Waals surface area contributed by atoms with Gasteiger partial charge in [-0.15, -0.1) is 0 Å². The van der Waals surface area contributed by atoms with Gasteiger partial charge >= 0.3 is 0 Å². The summed E-state index contributed by atoms with van der Waals surface area (Å²) >= 11 is 0. The van der Waals surface area contributed by atoms with Crippen molar-refractivity contribution in [2.45, 2.75) is 57.0 Å². The van der Waals surface area contributed by atoms with Crippen LogP contribution in [0, 0.1) is 0 Å². The molecule has 1 saturated heterocycles. The highest BCUT2D eigenvalue weighted by Crippen LogP contribution is 2.29. The van der Waals surface area contributed by atoms with E-state index in [1.54, 1.807) is 10.9 Å². The van der Waals surface area contributed by atoms with E-state index in [0.29, 0.717) is 6.04 Å². The van der Waals surface area contributed by atoms with Crippen LogP contribution in [0.25, 0.3) is 5.69 Å². The third-order valence-electron chi connectivity index (χ3n) is 5.52. The average Bonchev–Trinajstić information content (AvgIpc) is 3.34. The van der Waals surface area contributed by atoms with Crippen molar-refractivity contribution in [3.63, 3.8) is 0 Å². The Labute approximate surface area is 149 Å². The maximum Gasteiger partial charge on any atom is 0.241 e. The van der Waals surface area contributed by atoms with Crippen molar-refractivity contribution in [2.75, 3.05) is 11.9 Å². The highest BCUT2D eigenvalue weighted by molar-refractivity contribution is 5.95. The Morgan fingerprint density at radius 2 is 1.96 bits per heavy atom. The van der Waals surface area contributed by atoms with Gasteiger partial charge in [-0.1, -0.05) is 25.3 Å². The van der Waals surface area contributed by atoms with Crippen LogP contribution in [0.15, 0.2) is 42.7 Å². The van der Waals surface area contributed by atoms with Gasteiger partial charge in [0.25, 0.3) is 0 Å². The van der Waals surface area contributed by atoms with Crippen molar-refractivity contribution >= 4 is 11.6 Å². The van der Waals surface area contributed by atoms with Gasteiger partial charge in [0.2, 0.25) is 5.91 Å². The molecule has 1 aliphatic carbocycles. The van der Waals surface area contributed by atoms with E-state index in [1.807, 2.05) is 36.5 Å². The molecule has 1 aromatic heterocycles. The van der Waals surface area contributed by atoms with Crippen molar-refractivity contribution in [2.24, 2.45) is 0 Å². The molecule has 5 nitrogen and oxygen atoms in total. The van der Waals surface area contributed by atoms with Crippen LogP contribution in [-0.2, 0) is 4.79 Å². The maximum atomic E-state index is 12.9. The summed E-state index contributed by atoms with van der Waals surface area (Å²) in [6, 6.07) is 10.4. The van der Waals surface area contributed by atoms with Gasteiger partial charge in [0.05, 0.1) is 11.7 Å². The van der Waals surface area contributed by atoms with Crippen LogP contribution in [-0.4, -0.2) is 39.2 Å². The quantitative estimate of drug-likeness (QED) is 0.926. The highest BCUT2D eigenvalue weighted by Gasteiger charge is 2.35. The fraction of sp³-hybridized carbons (Fsp3) is 0.500. The van der Waals surface area contributed by atoms with Gasteiger partial charge in [-0.3, -0.25) is 9.69 Å². The molecule has 2 aliphatic rings. The van der Waals surface area contributed by atoms with Crippen LogP contribution in [0.5, 0.6) is 0 Å². The highest BCUT2D eigenvalue weighted by atomic mass is 16.2. The van der Waals surface area contributed by atoms with Gasteiger partial charge in [-0.2, -0.15) is 5.10 Å². The molecule has 4 rings (SSSR count). The predicted octanol–water partition coefficient (Wildman–Crippen LogP) is 3.61. The van der Waals surface area contributed by atoms with Gasteiger partial charge < -0.3 is 5.32 Å². The number of anilines is 1. The lowest BCUT2D eigenvalue weighted by Gasteiger charge is -2.34. The molecule has 1 amide bonds. The maximum absolute atomic E-state index is 12.9. The number of benzene rings is 1. The third kappa shape index (κ3) is 3.61. The number of hydrogen-bond donors (Lipinski definition) is 1. The molecule has 1 N–H and O–H groups in total. The van der Waals surface area contributed by atoms with Crippen LogP contribution in [0.4, 0.5) is 5.69 Å². The molecule has 1 saturated carbocycles. The van der Waals surface area contributed by atoms with Crippen LogP contribution in [0.3, 0.4) is 0 Å². The smallest absolute Gasteiger partial charge is 0.241 e. The number of aromatic nitrogens is 2. The van der Waals surface area contributed by atoms with Crippen molar-refractivity contribution in [3.05, 3.63) is 42.7 Å². The van der Waals surface area contributed by atoms with Gasteiger partial charge in [-0.25, -0.2) is 4.68 Å². The summed E-state index contributed by atoms with van der Waals surface area (Å²) in [5.41, 5.74) is 1.80. The number of likely N-dealkylation sites (tertiary alicyclic amines) is 1. The first-order valence-electron chi connectivity index (χ1n) is 9.48. The Balaban J connectivity index is 1.45. The lowest BCUT2D eigenvalue weighted by Crippen LogP contribution is -2.46. The first-order chi connectivity index (χ1) is 12.3. The fourth-order valence-electron chi connectivity index (χ4n) is 4.29. The summed E-state index contributed by atoms with van der Waals surface area (Å²) in [4.78, 5) is 15.4. The van der Waals surface area contributed by atoms with Gasteiger partial charge in [0.15, 0.2) is 0 Å². The normalized spacial score (nSPS) is 22.2. The number of carbonyl (C=O) groups is 1. The fourth-order valence-corrected chi connectivity index (χ4v) is 4.29. The minimum absolute atomic E-state index is 0.0245. The van der Waals surface area contributed by atoms with Crippen LogP contribution >= 0.6 is 0 Å². The summed E-state index contributed by atoms with van der Waals surface area (Å²) in [5, 5.41) is 7.39. The first-order valence-corrected chi connectivity index (χ1v) is 9.48. The SMILES string of the molecule is O=C(Nc1cccc(-n2cccn2)c1)[C@@H]1CCCN1C1CCCCC1. The van der Waals surface area contributed by atoms with E-state index < -0.39 is 0 Å². The molecule has 2 fully saturated rings. The molecule has 0 spiro atoms. The Hall–Kier alpha value is -2.14. The summed E-state index contributed by atoms with van der Waals surface area (Å²) in [5.74, 6) is 0.140. The van der Waals surface area contributed by atoms with Crippen molar-refractivity contribution in [3.8, 4) is 5.69 Å². The zero-order valence-electron chi connectivity index (χ0n) is 14.6. The minimum atomic E-state index is 0.0245. The summed E-state index contributed by atoms with van der Waals surface area (Å²) in [6.07, 6.45) is 12.2. The van der Waals surface area contributed by atoms with Crippen LogP contribution in [0.2, 0.25) is 0 Å². The minimum Gasteiger partial charge on any atom is -0.325 e. The molecule has 1 atom stereocenters. The van der Waals surface area contributed by atoms with E-state index in [0.717, 1.165) is 30.8 Å². The molecule has 0 radical (unpaired) electrons. The molecular formula is C20H26N4O. The zero-order valence-corrected chi connectivity index (χ0v) is 14.6. The van der Waals surface area contributed by atoms with E-state index >= 15 is 0 Å². The molecule has 132 valence electrons. The molecule has 2 aromatic rings. The zero-order chi connectivity index (χ0) is 17.1. The monoisotopic (exact) mass is 338 g/mol. The second kappa shape index (κ2) is 7.40. The number of hydrogen-bond acceptors (Lipinski definition) is 3. The van der Waals surface area contributed by atoms with Gasteiger partial charge in [0.1, 0.15) is 0 Å². The molecule has 0 unspecified atom stereocenters. The topological polar surface area (TPSA) is 50.2 Å². The lowest BCUT2D eigenvalue weighted by atomic mass is 9.93. The predicted molar refractivity (Wildman–Crippen MR) is 98.8 cm³/mol.